The van der Waals surface area contributed by atoms with Gasteiger partial charge in [0.15, 0.2) is 0 Å². The Labute approximate surface area is 70.7 Å². The van der Waals surface area contributed by atoms with Crippen molar-refractivity contribution in [3.63, 3.8) is 0 Å². The summed E-state index contributed by atoms with van der Waals surface area (Å²) >= 11 is 0. The zero-order chi connectivity index (χ0) is 8.55. The summed E-state index contributed by atoms with van der Waals surface area (Å²) in [4.78, 5) is 22.3. The van der Waals surface area contributed by atoms with Crippen molar-refractivity contribution >= 4 is 11.8 Å². The Morgan fingerprint density at radius 2 is 2.08 bits per heavy atom. The van der Waals surface area contributed by atoms with Gasteiger partial charge in [0.05, 0.1) is 5.92 Å². The van der Waals surface area contributed by atoms with Crippen LogP contribution in [0, 0.1) is 11.8 Å². The quantitative estimate of drug-likeness (QED) is 0.500. The standard InChI is InChI=1S/C8H12N2O2/c11-7-3-6-5(4-10-7)1-2-9-8(6)12/h5-6H,1-4H2,(H,9,12)(H,10,11). The Kier molecular flexibility index (Phi) is 1.75. The summed E-state index contributed by atoms with van der Waals surface area (Å²) in [5.41, 5.74) is 0. The van der Waals surface area contributed by atoms with Crippen LogP contribution >= 0.6 is 0 Å². The van der Waals surface area contributed by atoms with Gasteiger partial charge in [0.25, 0.3) is 0 Å². The van der Waals surface area contributed by atoms with Crippen molar-refractivity contribution in [2.45, 2.75) is 12.8 Å². The molecular weight excluding hydrogens is 156 g/mol. The van der Waals surface area contributed by atoms with Crippen LogP contribution in [0.1, 0.15) is 12.8 Å². The summed E-state index contributed by atoms with van der Waals surface area (Å²) in [5, 5.41) is 5.57. The van der Waals surface area contributed by atoms with E-state index in [9.17, 15) is 9.59 Å². The zero-order valence-corrected chi connectivity index (χ0v) is 6.80. The molecule has 12 heavy (non-hydrogen) atoms. The molecule has 2 fully saturated rings. The molecule has 2 amide bonds. The molecule has 2 saturated heterocycles. The molecule has 0 bridgehead atoms. The third-order valence-electron chi connectivity index (χ3n) is 2.69. The molecule has 0 aromatic carbocycles. The number of hydrogen-bond donors (Lipinski definition) is 2. The van der Waals surface area contributed by atoms with Crippen LogP contribution in [0.15, 0.2) is 0 Å². The largest absolute Gasteiger partial charge is 0.356 e. The molecule has 0 aromatic heterocycles. The molecule has 2 rings (SSSR count). The Morgan fingerprint density at radius 1 is 1.25 bits per heavy atom. The smallest absolute Gasteiger partial charge is 0.223 e. The van der Waals surface area contributed by atoms with Crippen LogP contribution in [0.25, 0.3) is 0 Å². The molecule has 4 nitrogen and oxygen atoms in total. The molecule has 0 spiro atoms. The normalized spacial score (nSPS) is 35.0. The van der Waals surface area contributed by atoms with Crippen molar-refractivity contribution < 1.29 is 9.59 Å². The highest BCUT2D eigenvalue weighted by atomic mass is 16.2. The van der Waals surface area contributed by atoms with E-state index in [-0.39, 0.29) is 17.7 Å². The fourth-order valence-electron chi connectivity index (χ4n) is 1.95. The summed E-state index contributed by atoms with van der Waals surface area (Å²) in [5.74, 6) is 0.373. The number of amides is 2. The van der Waals surface area contributed by atoms with E-state index in [1.54, 1.807) is 0 Å². The van der Waals surface area contributed by atoms with Crippen LogP contribution in [0.2, 0.25) is 0 Å². The van der Waals surface area contributed by atoms with Gasteiger partial charge in [-0.05, 0) is 12.3 Å². The lowest BCUT2D eigenvalue weighted by molar-refractivity contribution is -0.136. The van der Waals surface area contributed by atoms with Crippen molar-refractivity contribution in [3.8, 4) is 0 Å². The van der Waals surface area contributed by atoms with Crippen molar-refractivity contribution in [1.29, 1.82) is 0 Å². The van der Waals surface area contributed by atoms with Gasteiger partial charge < -0.3 is 10.6 Å². The first kappa shape index (κ1) is 7.58. The molecule has 2 N–H and O–H groups in total. The minimum absolute atomic E-state index is 0.00769. The minimum Gasteiger partial charge on any atom is -0.356 e. The fraction of sp³-hybridized carbons (Fsp3) is 0.750. The molecule has 0 saturated carbocycles. The van der Waals surface area contributed by atoms with Crippen molar-refractivity contribution in [2.24, 2.45) is 11.8 Å². The van der Waals surface area contributed by atoms with E-state index in [4.69, 9.17) is 0 Å². The summed E-state index contributed by atoms with van der Waals surface area (Å²) in [6, 6.07) is 0. The van der Waals surface area contributed by atoms with E-state index in [1.165, 1.54) is 0 Å². The van der Waals surface area contributed by atoms with E-state index in [2.05, 4.69) is 10.6 Å². The molecule has 0 radical (unpaired) electrons. The second-order valence-corrected chi connectivity index (χ2v) is 3.45. The van der Waals surface area contributed by atoms with Gasteiger partial charge in [0.1, 0.15) is 0 Å². The Hall–Kier alpha value is -1.06. The third-order valence-corrected chi connectivity index (χ3v) is 2.69. The van der Waals surface area contributed by atoms with Gasteiger partial charge in [-0.15, -0.1) is 0 Å². The first-order valence-electron chi connectivity index (χ1n) is 4.32. The van der Waals surface area contributed by atoms with E-state index in [0.29, 0.717) is 18.9 Å². The highest BCUT2D eigenvalue weighted by Crippen LogP contribution is 2.25. The topological polar surface area (TPSA) is 58.2 Å². The van der Waals surface area contributed by atoms with Crippen LogP contribution in [-0.4, -0.2) is 24.9 Å². The second-order valence-electron chi connectivity index (χ2n) is 3.45. The number of fused-ring (bicyclic) bond motifs is 1. The first-order chi connectivity index (χ1) is 5.77. The Morgan fingerprint density at radius 3 is 2.92 bits per heavy atom. The first-order valence-corrected chi connectivity index (χ1v) is 4.32. The second kappa shape index (κ2) is 2.77. The average Bonchev–Trinajstić information content (AvgIpc) is 2.07. The van der Waals surface area contributed by atoms with Gasteiger partial charge in [-0.3, -0.25) is 9.59 Å². The fourth-order valence-corrected chi connectivity index (χ4v) is 1.95. The molecule has 0 aliphatic carbocycles. The lowest BCUT2D eigenvalue weighted by Gasteiger charge is -2.34. The molecule has 4 heteroatoms. The molecule has 0 aromatic rings. The molecule has 2 aliphatic heterocycles. The van der Waals surface area contributed by atoms with Gasteiger partial charge in [-0.2, -0.15) is 0 Å². The predicted molar refractivity (Wildman–Crippen MR) is 42.2 cm³/mol. The SMILES string of the molecule is O=C1CC2C(=O)NCCC2CN1. The van der Waals surface area contributed by atoms with Crippen molar-refractivity contribution in [1.82, 2.24) is 10.6 Å². The average molecular weight is 168 g/mol. The number of hydrogen-bond acceptors (Lipinski definition) is 2. The van der Waals surface area contributed by atoms with Crippen LogP contribution in [0.3, 0.4) is 0 Å². The summed E-state index contributed by atoms with van der Waals surface area (Å²) in [7, 11) is 0. The monoisotopic (exact) mass is 168 g/mol. The minimum atomic E-state index is -0.0625. The number of piperidine rings is 2. The number of carbonyl (C=O) groups excluding carboxylic acids is 2. The zero-order valence-electron chi connectivity index (χ0n) is 6.80. The summed E-state index contributed by atoms with van der Waals surface area (Å²) in [6.07, 6.45) is 1.37. The van der Waals surface area contributed by atoms with Gasteiger partial charge in [0, 0.05) is 19.5 Å². The van der Waals surface area contributed by atoms with E-state index in [0.717, 1.165) is 13.0 Å². The lowest BCUT2D eigenvalue weighted by Crippen LogP contribution is -2.51. The van der Waals surface area contributed by atoms with E-state index in [1.807, 2.05) is 0 Å². The summed E-state index contributed by atoms with van der Waals surface area (Å²) < 4.78 is 0. The predicted octanol–water partition coefficient (Wildman–Crippen LogP) is -0.741. The van der Waals surface area contributed by atoms with E-state index >= 15 is 0 Å². The lowest BCUT2D eigenvalue weighted by atomic mass is 9.81. The summed E-state index contributed by atoms with van der Waals surface area (Å²) in [6.45, 7) is 1.44. The maximum Gasteiger partial charge on any atom is 0.223 e. The van der Waals surface area contributed by atoms with E-state index < -0.39 is 0 Å². The highest BCUT2D eigenvalue weighted by Gasteiger charge is 2.36. The molecule has 2 atom stereocenters. The molecule has 2 unspecified atom stereocenters. The number of carbonyl (C=O) groups is 2. The van der Waals surface area contributed by atoms with Gasteiger partial charge in [-0.25, -0.2) is 0 Å². The van der Waals surface area contributed by atoms with Crippen LogP contribution < -0.4 is 10.6 Å². The van der Waals surface area contributed by atoms with Crippen LogP contribution in [-0.2, 0) is 9.59 Å². The number of nitrogens with one attached hydrogen (secondary N) is 2. The molecular formula is C8H12N2O2. The maximum absolute atomic E-state index is 11.3. The van der Waals surface area contributed by atoms with Crippen LogP contribution in [0.5, 0.6) is 0 Å². The Bertz CT molecular complexity index is 227. The highest BCUT2D eigenvalue weighted by molar-refractivity contribution is 5.87. The van der Waals surface area contributed by atoms with Gasteiger partial charge in [-0.1, -0.05) is 0 Å². The van der Waals surface area contributed by atoms with Crippen molar-refractivity contribution in [2.75, 3.05) is 13.1 Å². The maximum atomic E-state index is 11.3. The third kappa shape index (κ3) is 1.17. The van der Waals surface area contributed by atoms with Gasteiger partial charge >= 0.3 is 0 Å². The van der Waals surface area contributed by atoms with Crippen molar-refractivity contribution in [3.05, 3.63) is 0 Å². The molecule has 2 heterocycles. The molecule has 2 aliphatic rings. The van der Waals surface area contributed by atoms with Gasteiger partial charge in [0.2, 0.25) is 11.8 Å². The Balaban J connectivity index is 2.10. The number of rotatable bonds is 0. The van der Waals surface area contributed by atoms with Crippen LogP contribution in [0.4, 0.5) is 0 Å². The molecule has 66 valence electrons.